The molecule has 0 saturated heterocycles. The molecule has 2 heteroatoms. The van der Waals surface area contributed by atoms with Crippen molar-refractivity contribution in [3.63, 3.8) is 0 Å². The normalized spacial score (nSPS) is 38.3. The minimum absolute atomic E-state index is 0.363. The minimum Gasteiger partial charge on any atom is -0.508 e. The first-order valence-corrected chi connectivity index (χ1v) is 8.32. The lowest BCUT2D eigenvalue weighted by Gasteiger charge is -2.32. The molecule has 2 nitrogen and oxygen atoms in total. The number of phenols is 1. The molecule has 108 valence electrons. The van der Waals surface area contributed by atoms with E-state index in [1.54, 1.807) is 12.1 Å². The van der Waals surface area contributed by atoms with Gasteiger partial charge in [0.05, 0.1) is 0 Å². The molecule has 1 aromatic carbocycles. The molecular formula is C18H25NO. The van der Waals surface area contributed by atoms with E-state index in [9.17, 15) is 5.11 Å². The van der Waals surface area contributed by atoms with Crippen LogP contribution in [0.25, 0.3) is 0 Å². The standard InChI is InChI=1S/C18H25NO/c20-14-6-4-12(5-7-14)8-9-19-18-11-13-10-17(18)16-3-1-2-15(13)16/h4-7,13,15-20H,1-3,8-11H2. The first kappa shape index (κ1) is 12.7. The van der Waals surface area contributed by atoms with Crippen molar-refractivity contribution in [3.8, 4) is 5.75 Å². The van der Waals surface area contributed by atoms with Crippen molar-refractivity contribution in [1.29, 1.82) is 0 Å². The lowest BCUT2D eigenvalue weighted by Crippen LogP contribution is -2.40. The van der Waals surface area contributed by atoms with Crippen LogP contribution in [-0.4, -0.2) is 17.7 Å². The van der Waals surface area contributed by atoms with Crippen LogP contribution >= 0.6 is 0 Å². The third-order valence-corrected chi connectivity index (χ3v) is 6.19. The highest BCUT2D eigenvalue weighted by atomic mass is 16.3. The van der Waals surface area contributed by atoms with Gasteiger partial charge < -0.3 is 10.4 Å². The summed E-state index contributed by atoms with van der Waals surface area (Å²) in [5.41, 5.74) is 1.32. The fourth-order valence-electron chi connectivity index (χ4n) is 5.37. The Balaban J connectivity index is 1.30. The van der Waals surface area contributed by atoms with Gasteiger partial charge in [0.2, 0.25) is 0 Å². The van der Waals surface area contributed by atoms with Crippen LogP contribution in [0.3, 0.4) is 0 Å². The Morgan fingerprint density at radius 3 is 2.65 bits per heavy atom. The van der Waals surface area contributed by atoms with E-state index in [1.807, 2.05) is 12.1 Å². The van der Waals surface area contributed by atoms with Gasteiger partial charge in [0, 0.05) is 6.04 Å². The molecule has 0 radical (unpaired) electrons. The molecule has 3 saturated carbocycles. The Kier molecular flexibility index (Phi) is 3.22. The smallest absolute Gasteiger partial charge is 0.115 e. The summed E-state index contributed by atoms with van der Waals surface area (Å²) in [5.74, 6) is 4.53. The summed E-state index contributed by atoms with van der Waals surface area (Å²) >= 11 is 0. The first-order chi connectivity index (χ1) is 9.81. The topological polar surface area (TPSA) is 32.3 Å². The van der Waals surface area contributed by atoms with E-state index in [2.05, 4.69) is 5.32 Å². The molecule has 0 spiro atoms. The SMILES string of the molecule is Oc1ccc(CCNC2CC3CC2C2CCCC32)cc1. The summed E-state index contributed by atoms with van der Waals surface area (Å²) in [6, 6.07) is 8.43. The molecule has 2 N–H and O–H groups in total. The molecule has 5 unspecified atom stereocenters. The molecule has 2 bridgehead atoms. The fraction of sp³-hybridized carbons (Fsp3) is 0.667. The van der Waals surface area contributed by atoms with Crippen molar-refractivity contribution < 1.29 is 5.11 Å². The number of aromatic hydroxyl groups is 1. The fourth-order valence-corrected chi connectivity index (χ4v) is 5.37. The number of phenolic OH excluding ortho intramolecular Hbond substituents is 1. The second kappa shape index (κ2) is 5.07. The summed E-state index contributed by atoms with van der Waals surface area (Å²) in [6.07, 6.45) is 8.52. The van der Waals surface area contributed by atoms with E-state index in [-0.39, 0.29) is 0 Å². The molecule has 5 atom stereocenters. The maximum Gasteiger partial charge on any atom is 0.115 e. The van der Waals surface area contributed by atoms with Crippen LogP contribution in [0.2, 0.25) is 0 Å². The molecular weight excluding hydrogens is 246 g/mol. The zero-order chi connectivity index (χ0) is 13.5. The van der Waals surface area contributed by atoms with E-state index >= 15 is 0 Å². The number of benzene rings is 1. The Morgan fingerprint density at radius 2 is 1.80 bits per heavy atom. The van der Waals surface area contributed by atoms with Gasteiger partial charge >= 0.3 is 0 Å². The predicted molar refractivity (Wildman–Crippen MR) is 80.6 cm³/mol. The van der Waals surface area contributed by atoms with Crippen LogP contribution in [0.1, 0.15) is 37.7 Å². The zero-order valence-corrected chi connectivity index (χ0v) is 12.1. The zero-order valence-electron chi connectivity index (χ0n) is 12.1. The average molecular weight is 271 g/mol. The second-order valence-corrected chi connectivity index (χ2v) is 7.13. The lowest BCUT2D eigenvalue weighted by atomic mass is 9.79. The van der Waals surface area contributed by atoms with Crippen molar-refractivity contribution in [2.45, 2.75) is 44.6 Å². The van der Waals surface area contributed by atoms with Crippen LogP contribution < -0.4 is 5.32 Å². The summed E-state index contributed by atoms with van der Waals surface area (Å²) in [5, 5.41) is 13.1. The molecule has 0 aromatic heterocycles. The van der Waals surface area contributed by atoms with E-state index in [0.717, 1.165) is 42.7 Å². The summed E-state index contributed by atoms with van der Waals surface area (Å²) in [7, 11) is 0. The number of nitrogens with one attached hydrogen (secondary N) is 1. The van der Waals surface area contributed by atoms with Gasteiger partial charge in [0.1, 0.15) is 5.75 Å². The van der Waals surface area contributed by atoms with Crippen molar-refractivity contribution >= 4 is 0 Å². The van der Waals surface area contributed by atoms with Gasteiger partial charge in [0.25, 0.3) is 0 Å². The van der Waals surface area contributed by atoms with Gasteiger partial charge in [-0.1, -0.05) is 18.6 Å². The molecule has 1 aromatic rings. The van der Waals surface area contributed by atoms with E-state index in [1.165, 1.54) is 37.7 Å². The average Bonchev–Trinajstić information content (AvgIpc) is 3.12. The van der Waals surface area contributed by atoms with Crippen LogP contribution in [0.4, 0.5) is 0 Å². The lowest BCUT2D eigenvalue weighted by molar-refractivity contribution is 0.209. The third kappa shape index (κ3) is 2.14. The monoisotopic (exact) mass is 271 g/mol. The highest BCUT2D eigenvalue weighted by Crippen LogP contribution is 2.58. The van der Waals surface area contributed by atoms with Crippen LogP contribution in [0.15, 0.2) is 24.3 Å². The van der Waals surface area contributed by atoms with Crippen LogP contribution in [0, 0.1) is 23.7 Å². The molecule has 3 fully saturated rings. The number of fused-ring (bicyclic) bond motifs is 5. The largest absolute Gasteiger partial charge is 0.508 e. The number of hydrogen-bond donors (Lipinski definition) is 2. The van der Waals surface area contributed by atoms with Crippen molar-refractivity contribution in [2.75, 3.05) is 6.54 Å². The van der Waals surface area contributed by atoms with E-state index in [0.29, 0.717) is 5.75 Å². The Bertz CT molecular complexity index is 469. The third-order valence-electron chi connectivity index (χ3n) is 6.19. The van der Waals surface area contributed by atoms with E-state index in [4.69, 9.17) is 0 Å². The maximum atomic E-state index is 9.30. The summed E-state index contributed by atoms with van der Waals surface area (Å²) < 4.78 is 0. The van der Waals surface area contributed by atoms with Gasteiger partial charge in [-0.3, -0.25) is 0 Å². The molecule has 3 aliphatic carbocycles. The van der Waals surface area contributed by atoms with Crippen LogP contribution in [-0.2, 0) is 6.42 Å². The summed E-state index contributed by atoms with van der Waals surface area (Å²) in [6.45, 7) is 1.08. The van der Waals surface area contributed by atoms with Gasteiger partial charge in [0.15, 0.2) is 0 Å². The molecule has 0 aliphatic heterocycles. The van der Waals surface area contributed by atoms with E-state index < -0.39 is 0 Å². The minimum atomic E-state index is 0.363. The van der Waals surface area contributed by atoms with Crippen LogP contribution in [0.5, 0.6) is 5.75 Å². The summed E-state index contributed by atoms with van der Waals surface area (Å²) in [4.78, 5) is 0. The molecule has 0 heterocycles. The quantitative estimate of drug-likeness (QED) is 0.880. The molecule has 0 amide bonds. The molecule has 3 aliphatic rings. The Hall–Kier alpha value is -1.02. The second-order valence-electron chi connectivity index (χ2n) is 7.13. The highest BCUT2D eigenvalue weighted by Gasteiger charge is 2.53. The Morgan fingerprint density at radius 1 is 1.00 bits per heavy atom. The molecule has 20 heavy (non-hydrogen) atoms. The van der Waals surface area contributed by atoms with Gasteiger partial charge in [-0.15, -0.1) is 0 Å². The van der Waals surface area contributed by atoms with Gasteiger partial charge in [-0.2, -0.15) is 0 Å². The molecule has 4 rings (SSSR count). The highest BCUT2D eigenvalue weighted by molar-refractivity contribution is 5.26. The predicted octanol–water partition coefficient (Wildman–Crippen LogP) is 3.35. The van der Waals surface area contributed by atoms with Gasteiger partial charge in [-0.25, -0.2) is 0 Å². The first-order valence-electron chi connectivity index (χ1n) is 8.32. The maximum absolute atomic E-state index is 9.30. The van der Waals surface area contributed by atoms with Crippen molar-refractivity contribution in [2.24, 2.45) is 23.7 Å². The number of hydrogen-bond acceptors (Lipinski definition) is 2. The number of rotatable bonds is 4. The van der Waals surface area contributed by atoms with Gasteiger partial charge in [-0.05, 0) is 80.0 Å². The van der Waals surface area contributed by atoms with Crippen molar-refractivity contribution in [3.05, 3.63) is 29.8 Å². The Labute approximate surface area is 121 Å². The van der Waals surface area contributed by atoms with Crippen molar-refractivity contribution in [1.82, 2.24) is 5.32 Å².